The predicted octanol–water partition coefficient (Wildman–Crippen LogP) is 1.84. The molecule has 25 heavy (non-hydrogen) atoms. The van der Waals surface area contributed by atoms with Gasteiger partial charge < -0.3 is 9.32 Å². The minimum Gasteiger partial charge on any atom is -0.406 e. The number of hydrogen-bond donors (Lipinski definition) is 1. The van der Waals surface area contributed by atoms with E-state index >= 15 is 0 Å². The Kier molecular flexibility index (Phi) is 3.48. The molecule has 8 nitrogen and oxygen atoms in total. The van der Waals surface area contributed by atoms with Gasteiger partial charge in [0.25, 0.3) is 5.91 Å². The van der Waals surface area contributed by atoms with Crippen molar-refractivity contribution >= 4 is 17.1 Å². The molecule has 1 saturated heterocycles. The van der Waals surface area contributed by atoms with Crippen molar-refractivity contribution in [3.63, 3.8) is 0 Å². The number of fused-ring (bicyclic) bond motifs is 1. The van der Waals surface area contributed by atoms with Crippen molar-refractivity contribution in [2.75, 3.05) is 6.54 Å². The first-order valence-electron chi connectivity index (χ1n) is 8.26. The fraction of sp³-hybridized carbons (Fsp3) is 0.412. The maximum Gasteiger partial charge on any atom is 0.418 e. The third-order valence-corrected chi connectivity index (χ3v) is 4.91. The molecule has 1 fully saturated rings. The number of amides is 1. The highest BCUT2D eigenvalue weighted by Gasteiger charge is 2.34. The van der Waals surface area contributed by atoms with Crippen molar-refractivity contribution in [2.24, 2.45) is 7.05 Å². The molecule has 0 spiro atoms. The number of likely N-dealkylation sites (tertiary alicyclic amines) is 1. The van der Waals surface area contributed by atoms with E-state index in [-0.39, 0.29) is 11.9 Å². The van der Waals surface area contributed by atoms with Crippen LogP contribution in [0.25, 0.3) is 11.2 Å². The smallest absolute Gasteiger partial charge is 0.406 e. The zero-order valence-electron chi connectivity index (χ0n) is 14.4. The van der Waals surface area contributed by atoms with Gasteiger partial charge in [0.2, 0.25) is 0 Å². The first kappa shape index (κ1) is 15.6. The number of oxazole rings is 1. The van der Waals surface area contributed by atoms with E-state index in [1.807, 2.05) is 30.5 Å². The van der Waals surface area contributed by atoms with Crippen LogP contribution < -0.4 is 5.76 Å². The summed E-state index contributed by atoms with van der Waals surface area (Å²) in [5.41, 5.74) is 4.08. The minimum absolute atomic E-state index is 0.00194. The van der Waals surface area contributed by atoms with Gasteiger partial charge in [-0.1, -0.05) is 0 Å². The molecule has 0 bridgehead atoms. The van der Waals surface area contributed by atoms with Gasteiger partial charge in [0.1, 0.15) is 5.69 Å². The standard InChI is InChI=1S/C17H19N5O3/c1-9-14(10(2)21(3)20-9)12-5-4-8-22(12)16(23)11-6-7-13-15(18-11)19-17(24)25-13/h6-7,12H,4-5,8H2,1-3H3,(H,18,19,24). The fourth-order valence-electron chi connectivity index (χ4n) is 3.69. The minimum atomic E-state index is -0.576. The maximum atomic E-state index is 13.0. The summed E-state index contributed by atoms with van der Waals surface area (Å²) in [6.07, 6.45) is 1.85. The van der Waals surface area contributed by atoms with E-state index in [0.717, 1.165) is 29.8 Å². The molecule has 0 radical (unpaired) electrons. The second-order valence-corrected chi connectivity index (χ2v) is 6.42. The van der Waals surface area contributed by atoms with Gasteiger partial charge in [-0.25, -0.2) is 9.78 Å². The monoisotopic (exact) mass is 341 g/mol. The lowest BCUT2D eigenvalue weighted by Gasteiger charge is -2.25. The van der Waals surface area contributed by atoms with E-state index in [2.05, 4.69) is 15.1 Å². The number of aromatic nitrogens is 4. The van der Waals surface area contributed by atoms with Gasteiger partial charge in [-0.15, -0.1) is 0 Å². The molecule has 130 valence electrons. The van der Waals surface area contributed by atoms with Gasteiger partial charge in [-0.2, -0.15) is 5.10 Å². The number of aromatic amines is 1. The molecule has 3 aromatic rings. The number of nitrogens with zero attached hydrogens (tertiary/aromatic N) is 4. The summed E-state index contributed by atoms with van der Waals surface area (Å²) in [6, 6.07) is 3.20. The molecule has 4 heterocycles. The molecule has 0 aliphatic carbocycles. The van der Waals surface area contributed by atoms with Crippen molar-refractivity contribution < 1.29 is 9.21 Å². The normalized spacial score (nSPS) is 17.6. The van der Waals surface area contributed by atoms with E-state index in [1.54, 1.807) is 12.1 Å². The molecule has 1 aliphatic heterocycles. The average molecular weight is 341 g/mol. The van der Waals surface area contributed by atoms with Gasteiger partial charge >= 0.3 is 5.76 Å². The summed E-state index contributed by atoms with van der Waals surface area (Å²) < 4.78 is 6.80. The summed E-state index contributed by atoms with van der Waals surface area (Å²) in [5, 5.41) is 4.48. The Labute approximate surface area is 143 Å². The van der Waals surface area contributed by atoms with E-state index in [0.29, 0.717) is 23.5 Å². The van der Waals surface area contributed by atoms with Crippen LogP contribution in [0.5, 0.6) is 0 Å². The summed E-state index contributed by atoms with van der Waals surface area (Å²) >= 11 is 0. The number of nitrogens with one attached hydrogen (secondary N) is 1. The molecule has 0 saturated carbocycles. The average Bonchev–Trinajstić information content (AvgIpc) is 3.24. The van der Waals surface area contributed by atoms with Gasteiger partial charge in [0.15, 0.2) is 11.2 Å². The molecule has 1 atom stereocenters. The maximum absolute atomic E-state index is 13.0. The molecule has 1 N–H and O–H groups in total. The van der Waals surface area contributed by atoms with Crippen LogP contribution >= 0.6 is 0 Å². The third-order valence-electron chi connectivity index (χ3n) is 4.91. The van der Waals surface area contributed by atoms with Crippen LogP contribution in [-0.2, 0) is 7.05 Å². The van der Waals surface area contributed by atoms with Crippen molar-refractivity contribution in [3.05, 3.63) is 45.3 Å². The lowest BCUT2D eigenvalue weighted by molar-refractivity contribution is 0.0729. The number of hydrogen-bond acceptors (Lipinski definition) is 5. The van der Waals surface area contributed by atoms with Crippen molar-refractivity contribution in [3.8, 4) is 0 Å². The summed E-state index contributed by atoms with van der Waals surface area (Å²) in [5.74, 6) is -0.721. The highest BCUT2D eigenvalue weighted by Crippen LogP contribution is 2.36. The Morgan fingerprint density at radius 1 is 1.36 bits per heavy atom. The molecular formula is C17H19N5O3. The van der Waals surface area contributed by atoms with Crippen LogP contribution in [0.4, 0.5) is 0 Å². The molecule has 1 amide bonds. The largest absolute Gasteiger partial charge is 0.418 e. The Balaban J connectivity index is 1.71. The van der Waals surface area contributed by atoms with Crippen LogP contribution in [0.2, 0.25) is 0 Å². The van der Waals surface area contributed by atoms with E-state index in [1.165, 1.54) is 0 Å². The quantitative estimate of drug-likeness (QED) is 0.767. The third kappa shape index (κ3) is 2.45. The Hall–Kier alpha value is -2.90. The van der Waals surface area contributed by atoms with Crippen LogP contribution in [0, 0.1) is 13.8 Å². The topological polar surface area (TPSA) is 97.0 Å². The molecule has 3 aromatic heterocycles. The summed E-state index contributed by atoms with van der Waals surface area (Å²) in [4.78, 5) is 32.9. The van der Waals surface area contributed by atoms with Crippen molar-refractivity contribution in [1.82, 2.24) is 24.6 Å². The highest BCUT2D eigenvalue weighted by molar-refractivity contribution is 5.94. The zero-order valence-corrected chi connectivity index (χ0v) is 14.4. The second-order valence-electron chi connectivity index (χ2n) is 6.42. The van der Waals surface area contributed by atoms with Crippen LogP contribution in [0.15, 0.2) is 21.3 Å². The van der Waals surface area contributed by atoms with Gasteiger partial charge in [0, 0.05) is 24.8 Å². The van der Waals surface area contributed by atoms with Gasteiger partial charge in [0.05, 0.1) is 11.7 Å². The summed E-state index contributed by atoms with van der Waals surface area (Å²) in [7, 11) is 1.91. The molecule has 1 unspecified atom stereocenters. The SMILES string of the molecule is Cc1nn(C)c(C)c1C1CCCN1C(=O)c1ccc2oc(=O)[nH]c2n1. The predicted molar refractivity (Wildman–Crippen MR) is 90.3 cm³/mol. The van der Waals surface area contributed by atoms with E-state index < -0.39 is 5.76 Å². The molecule has 8 heteroatoms. The van der Waals surface area contributed by atoms with Crippen molar-refractivity contribution in [2.45, 2.75) is 32.7 Å². The van der Waals surface area contributed by atoms with Crippen LogP contribution in [0.3, 0.4) is 0 Å². The fourth-order valence-corrected chi connectivity index (χ4v) is 3.69. The van der Waals surface area contributed by atoms with E-state index in [9.17, 15) is 9.59 Å². The van der Waals surface area contributed by atoms with Crippen molar-refractivity contribution in [1.29, 1.82) is 0 Å². The molecule has 0 aromatic carbocycles. The highest BCUT2D eigenvalue weighted by atomic mass is 16.4. The number of rotatable bonds is 2. The number of aryl methyl sites for hydroxylation is 2. The van der Waals surface area contributed by atoms with Crippen LogP contribution in [0.1, 0.15) is 46.3 Å². The Morgan fingerprint density at radius 2 is 2.16 bits per heavy atom. The van der Waals surface area contributed by atoms with Crippen LogP contribution in [-0.4, -0.2) is 37.1 Å². The number of carbonyl (C=O) groups is 1. The lowest BCUT2D eigenvalue weighted by atomic mass is 10.0. The van der Waals surface area contributed by atoms with E-state index in [4.69, 9.17) is 4.42 Å². The summed E-state index contributed by atoms with van der Waals surface area (Å²) in [6.45, 7) is 4.68. The van der Waals surface area contributed by atoms with Gasteiger partial charge in [-0.3, -0.25) is 14.5 Å². The Bertz CT molecular complexity index is 1030. The van der Waals surface area contributed by atoms with Gasteiger partial charge in [-0.05, 0) is 38.8 Å². The molecule has 4 rings (SSSR count). The molecular weight excluding hydrogens is 322 g/mol. The molecule has 1 aliphatic rings. The number of carbonyl (C=O) groups excluding carboxylic acids is 1. The Morgan fingerprint density at radius 3 is 2.88 bits per heavy atom. The second kappa shape index (κ2) is 5.58. The lowest BCUT2D eigenvalue weighted by Crippen LogP contribution is -2.31. The number of H-pyrrole nitrogens is 1. The number of pyridine rings is 1. The first-order chi connectivity index (χ1) is 12.0. The first-order valence-corrected chi connectivity index (χ1v) is 8.26. The zero-order chi connectivity index (χ0) is 17.7.